The summed E-state index contributed by atoms with van der Waals surface area (Å²) in [4.78, 5) is 55.2. The van der Waals surface area contributed by atoms with Crippen LogP contribution in [-0.2, 0) is 18.6 Å². The summed E-state index contributed by atoms with van der Waals surface area (Å²) in [5.41, 5.74) is -0.900. The zero-order valence-corrected chi connectivity index (χ0v) is 22.3. The maximum absolute atomic E-state index is 13.0. The lowest BCUT2D eigenvalue weighted by atomic mass is 10.1. The molecule has 0 aliphatic carbocycles. The van der Waals surface area contributed by atoms with Gasteiger partial charge in [0.2, 0.25) is 0 Å². The first kappa shape index (κ1) is 28.1. The fourth-order valence-corrected chi connectivity index (χ4v) is 8.09. The number of aliphatic hydroxyl groups excluding tert-OH is 4. The lowest BCUT2D eigenvalue weighted by Crippen LogP contribution is -2.34. The second-order valence-electron chi connectivity index (χ2n) is 9.23. The second kappa shape index (κ2) is 10.7. The van der Waals surface area contributed by atoms with Crippen molar-refractivity contribution < 1.29 is 43.9 Å². The van der Waals surface area contributed by atoms with Gasteiger partial charge in [0.15, 0.2) is 34.8 Å². The Balaban J connectivity index is 1.14. The summed E-state index contributed by atoms with van der Waals surface area (Å²) in [5, 5.41) is 40.7. The van der Waals surface area contributed by atoms with Gasteiger partial charge in [0.1, 0.15) is 24.4 Å². The lowest BCUT2D eigenvalue weighted by Gasteiger charge is -2.22. The van der Waals surface area contributed by atoms with Crippen molar-refractivity contribution in [3.05, 3.63) is 46.0 Å². The molecule has 2 fully saturated rings. The molecule has 7 N–H and O–H groups in total. The Morgan fingerprint density at radius 1 is 0.878 bits per heavy atom. The summed E-state index contributed by atoms with van der Waals surface area (Å²) in [7, 11) is 0. The van der Waals surface area contributed by atoms with Gasteiger partial charge in [-0.25, -0.2) is 24.5 Å². The van der Waals surface area contributed by atoms with E-state index in [4.69, 9.17) is 14.0 Å². The van der Waals surface area contributed by atoms with Crippen molar-refractivity contribution in [2.45, 2.75) is 48.2 Å². The SMILES string of the molecule is O=c1[nH]cnc2c1ncn2[C@@H]1O[C@H](COP(=O)(O)S[C@H]2[C@@H](O)[C@H](n3cnc4c(=O)[nH]cnc43)O[C@@H]2CO)[C@@H](O)[C@H]1O. The van der Waals surface area contributed by atoms with Gasteiger partial charge in [-0.2, -0.15) is 0 Å². The van der Waals surface area contributed by atoms with E-state index in [1.165, 1.54) is 21.8 Å². The normalized spacial score (nSPS) is 31.7. The topological polar surface area (TPSA) is 273 Å². The van der Waals surface area contributed by atoms with Crippen LogP contribution in [0.25, 0.3) is 22.3 Å². The number of hydrogen-bond acceptors (Lipinski definition) is 15. The molecular formula is C20H23N8O11PS. The van der Waals surface area contributed by atoms with E-state index in [-0.39, 0.29) is 22.3 Å². The standard InChI is InChI=1S/C20H23N8O11PS/c29-1-7-14(13(32)20(38-7)28-6-26-10-16(28)22-4-24-18(10)34)41-40(35,36)37-2-8-11(30)12(31)19(39-8)27-5-25-9-15(27)21-3-23-17(9)33/h3-8,11-14,19-20,29-32H,1-2H2,(H,35,36)(H,21,23,33)(H,22,24,34)/t7-,8-,11-,12-,13-,14-,19-,20-/m1/s1. The third kappa shape index (κ3) is 4.91. The summed E-state index contributed by atoms with van der Waals surface area (Å²) in [6.07, 6.45) is -4.68. The van der Waals surface area contributed by atoms with Crippen molar-refractivity contribution in [3.8, 4) is 0 Å². The monoisotopic (exact) mass is 614 g/mol. The highest BCUT2D eigenvalue weighted by Crippen LogP contribution is 2.61. The molecule has 6 rings (SSSR count). The fraction of sp³-hybridized carbons (Fsp3) is 0.500. The van der Waals surface area contributed by atoms with Gasteiger partial charge in [0.05, 0.1) is 49.9 Å². The van der Waals surface area contributed by atoms with Crippen molar-refractivity contribution in [1.29, 1.82) is 0 Å². The highest BCUT2D eigenvalue weighted by atomic mass is 32.7. The molecule has 0 radical (unpaired) electrons. The number of imidazole rings is 2. The predicted molar refractivity (Wildman–Crippen MR) is 136 cm³/mol. The van der Waals surface area contributed by atoms with Crippen LogP contribution in [0.1, 0.15) is 12.5 Å². The number of aromatic amines is 2. The zero-order valence-electron chi connectivity index (χ0n) is 20.6. The van der Waals surface area contributed by atoms with Crippen LogP contribution in [0.2, 0.25) is 0 Å². The Bertz CT molecular complexity index is 1740. The minimum absolute atomic E-state index is 0.0157. The predicted octanol–water partition coefficient (Wildman–Crippen LogP) is -2.66. The van der Waals surface area contributed by atoms with Crippen LogP contribution >= 0.6 is 18.2 Å². The third-order valence-corrected chi connectivity index (χ3v) is 10.2. The molecule has 0 aromatic carbocycles. The quantitative estimate of drug-likeness (QED) is 0.0998. The smallest absolute Gasteiger partial charge is 0.387 e. The molecule has 0 bridgehead atoms. The van der Waals surface area contributed by atoms with Crippen LogP contribution in [0.5, 0.6) is 0 Å². The molecule has 220 valence electrons. The van der Waals surface area contributed by atoms with Gasteiger partial charge >= 0.3 is 6.80 Å². The molecule has 6 heterocycles. The van der Waals surface area contributed by atoms with Gasteiger partial charge in [-0.05, 0) is 11.4 Å². The van der Waals surface area contributed by atoms with Crippen molar-refractivity contribution >= 4 is 40.5 Å². The van der Waals surface area contributed by atoms with Crippen LogP contribution < -0.4 is 11.1 Å². The molecule has 21 heteroatoms. The van der Waals surface area contributed by atoms with E-state index in [0.717, 1.165) is 12.7 Å². The van der Waals surface area contributed by atoms with Gasteiger partial charge in [-0.15, -0.1) is 0 Å². The number of fused-ring (bicyclic) bond motifs is 2. The first-order chi connectivity index (χ1) is 19.6. The van der Waals surface area contributed by atoms with Crippen LogP contribution in [0.3, 0.4) is 0 Å². The average Bonchev–Trinajstić information content (AvgIpc) is 3.70. The number of aromatic nitrogens is 8. The Morgan fingerprint density at radius 3 is 1.98 bits per heavy atom. The molecule has 2 saturated heterocycles. The van der Waals surface area contributed by atoms with Crippen molar-refractivity contribution in [3.63, 3.8) is 0 Å². The maximum Gasteiger partial charge on any atom is 0.387 e. The molecule has 41 heavy (non-hydrogen) atoms. The van der Waals surface area contributed by atoms with Crippen molar-refractivity contribution in [2.24, 2.45) is 0 Å². The van der Waals surface area contributed by atoms with Gasteiger partial charge in [-0.3, -0.25) is 23.2 Å². The van der Waals surface area contributed by atoms with Crippen LogP contribution in [0, 0.1) is 0 Å². The number of aliphatic hydroxyl groups is 4. The van der Waals surface area contributed by atoms with E-state index in [9.17, 15) is 39.5 Å². The lowest BCUT2D eigenvalue weighted by molar-refractivity contribution is -0.0486. The molecule has 4 aromatic rings. The number of nitrogens with one attached hydrogen (secondary N) is 2. The molecule has 0 saturated carbocycles. The summed E-state index contributed by atoms with van der Waals surface area (Å²) in [5.74, 6) is 0. The third-order valence-electron chi connectivity index (χ3n) is 6.76. The van der Waals surface area contributed by atoms with Crippen LogP contribution in [0.4, 0.5) is 0 Å². The molecule has 9 atom stereocenters. The van der Waals surface area contributed by atoms with Crippen molar-refractivity contribution in [2.75, 3.05) is 13.2 Å². The number of ether oxygens (including phenoxy) is 2. The Kier molecular flexibility index (Phi) is 7.30. The van der Waals surface area contributed by atoms with Gasteiger partial charge in [0, 0.05) is 0 Å². The first-order valence-corrected chi connectivity index (χ1v) is 15.1. The first-order valence-electron chi connectivity index (χ1n) is 12.0. The summed E-state index contributed by atoms with van der Waals surface area (Å²) in [6.45, 7) is -5.86. The Hall–Kier alpha value is -3.04. The van der Waals surface area contributed by atoms with E-state index >= 15 is 0 Å². The largest absolute Gasteiger partial charge is 0.394 e. The zero-order chi connectivity index (χ0) is 29.1. The Labute approximate surface area is 231 Å². The minimum Gasteiger partial charge on any atom is -0.394 e. The number of rotatable bonds is 8. The van der Waals surface area contributed by atoms with Crippen LogP contribution in [-0.4, -0.2) is 113 Å². The Morgan fingerprint density at radius 2 is 1.41 bits per heavy atom. The van der Waals surface area contributed by atoms with E-state index in [1.54, 1.807) is 0 Å². The molecule has 4 aromatic heterocycles. The number of H-pyrrole nitrogens is 2. The fourth-order valence-electron chi connectivity index (χ4n) is 4.77. The van der Waals surface area contributed by atoms with Gasteiger partial charge < -0.3 is 44.8 Å². The van der Waals surface area contributed by atoms with E-state index in [2.05, 4.69) is 29.9 Å². The van der Waals surface area contributed by atoms with E-state index in [0.29, 0.717) is 11.4 Å². The molecular weight excluding hydrogens is 591 g/mol. The van der Waals surface area contributed by atoms with Crippen LogP contribution in [0.15, 0.2) is 34.9 Å². The van der Waals surface area contributed by atoms with Gasteiger partial charge in [0.25, 0.3) is 11.1 Å². The molecule has 2 aliphatic rings. The summed E-state index contributed by atoms with van der Waals surface area (Å²) < 4.78 is 32.1. The molecule has 2 aliphatic heterocycles. The maximum atomic E-state index is 13.0. The van der Waals surface area contributed by atoms with E-state index < -0.39 is 79.4 Å². The molecule has 0 amide bonds. The van der Waals surface area contributed by atoms with Gasteiger partial charge in [-0.1, -0.05) is 0 Å². The molecule has 19 nitrogen and oxygen atoms in total. The molecule has 1 unspecified atom stereocenters. The molecule has 0 spiro atoms. The number of nitrogens with zero attached hydrogens (tertiary/aromatic N) is 6. The van der Waals surface area contributed by atoms with Crippen molar-refractivity contribution in [1.82, 2.24) is 39.0 Å². The second-order valence-corrected chi connectivity index (χ2v) is 13.2. The highest BCUT2D eigenvalue weighted by Gasteiger charge is 2.50. The highest BCUT2D eigenvalue weighted by molar-refractivity contribution is 8.55. The average molecular weight is 614 g/mol. The summed E-state index contributed by atoms with van der Waals surface area (Å²) in [6, 6.07) is 0. The number of hydrogen-bond donors (Lipinski definition) is 7. The minimum atomic E-state index is -4.59. The summed E-state index contributed by atoms with van der Waals surface area (Å²) >= 11 is 0.316. The van der Waals surface area contributed by atoms with E-state index in [1.807, 2.05) is 0 Å².